The van der Waals surface area contributed by atoms with Gasteiger partial charge in [0.2, 0.25) is 0 Å². The molecule has 0 aromatic heterocycles. The zero-order valence-corrected chi connectivity index (χ0v) is 7.22. The molecule has 0 saturated heterocycles. The van der Waals surface area contributed by atoms with E-state index in [-0.39, 0.29) is 5.92 Å². The SMILES string of the molecule is C=CCC(C)C(N)(N)CC=C. The Bertz CT molecular complexity index is 138. The number of nitrogens with two attached hydrogens (primary N) is 2. The third-order valence-electron chi connectivity index (χ3n) is 1.94. The molecule has 0 aromatic carbocycles. The minimum atomic E-state index is -0.629. The summed E-state index contributed by atoms with van der Waals surface area (Å²) in [6.07, 6.45) is 5.07. The van der Waals surface area contributed by atoms with E-state index in [0.29, 0.717) is 6.42 Å². The summed E-state index contributed by atoms with van der Waals surface area (Å²) in [4.78, 5) is 0. The molecule has 4 N–H and O–H groups in total. The van der Waals surface area contributed by atoms with Crippen LogP contribution in [0.15, 0.2) is 25.3 Å². The summed E-state index contributed by atoms with van der Waals surface area (Å²) in [5.41, 5.74) is 11.0. The maximum atomic E-state index is 5.82. The van der Waals surface area contributed by atoms with Crippen molar-refractivity contribution in [2.45, 2.75) is 25.4 Å². The molecule has 0 radical (unpaired) electrons. The van der Waals surface area contributed by atoms with Gasteiger partial charge in [0.15, 0.2) is 0 Å². The van der Waals surface area contributed by atoms with Gasteiger partial charge in [0.1, 0.15) is 0 Å². The first-order valence-corrected chi connectivity index (χ1v) is 3.84. The summed E-state index contributed by atoms with van der Waals surface area (Å²) in [5, 5.41) is 0. The lowest BCUT2D eigenvalue weighted by molar-refractivity contribution is 0.303. The van der Waals surface area contributed by atoms with Crippen molar-refractivity contribution in [3.05, 3.63) is 25.3 Å². The van der Waals surface area contributed by atoms with Crippen LogP contribution in [0.5, 0.6) is 0 Å². The molecule has 0 amide bonds. The van der Waals surface area contributed by atoms with Gasteiger partial charge < -0.3 is 11.5 Å². The predicted octanol–water partition coefficient (Wildman–Crippen LogP) is 1.39. The van der Waals surface area contributed by atoms with Crippen molar-refractivity contribution in [3.8, 4) is 0 Å². The van der Waals surface area contributed by atoms with Crippen LogP contribution in [0, 0.1) is 5.92 Å². The zero-order chi connectivity index (χ0) is 8.91. The van der Waals surface area contributed by atoms with Crippen LogP contribution in [-0.4, -0.2) is 5.66 Å². The fourth-order valence-electron chi connectivity index (χ4n) is 0.921. The summed E-state index contributed by atoms with van der Waals surface area (Å²) in [5.74, 6) is 0.248. The highest BCUT2D eigenvalue weighted by Gasteiger charge is 2.23. The zero-order valence-electron chi connectivity index (χ0n) is 7.22. The highest BCUT2D eigenvalue weighted by atomic mass is 15.0. The molecular weight excluding hydrogens is 136 g/mol. The molecule has 0 aliphatic carbocycles. The standard InChI is InChI=1S/C9H18N2/c1-4-6-8(3)9(10,11)7-5-2/h4-5,8H,1-2,6-7,10-11H2,3H3. The number of allylic oxidation sites excluding steroid dienone is 1. The van der Waals surface area contributed by atoms with E-state index < -0.39 is 5.66 Å². The first kappa shape index (κ1) is 10.4. The second kappa shape index (κ2) is 4.31. The van der Waals surface area contributed by atoms with E-state index in [1.165, 1.54) is 0 Å². The molecule has 0 rings (SSSR count). The summed E-state index contributed by atoms with van der Waals surface area (Å²) in [6, 6.07) is 0. The molecule has 1 unspecified atom stereocenters. The highest BCUT2D eigenvalue weighted by Crippen LogP contribution is 2.16. The number of rotatable bonds is 5. The van der Waals surface area contributed by atoms with Crippen molar-refractivity contribution >= 4 is 0 Å². The Morgan fingerprint density at radius 3 is 2.27 bits per heavy atom. The summed E-state index contributed by atoms with van der Waals surface area (Å²) < 4.78 is 0. The van der Waals surface area contributed by atoms with Gasteiger partial charge in [-0.15, -0.1) is 13.2 Å². The summed E-state index contributed by atoms with van der Waals surface area (Å²) >= 11 is 0. The molecule has 2 nitrogen and oxygen atoms in total. The smallest absolute Gasteiger partial charge is 0.0701 e. The lowest BCUT2D eigenvalue weighted by Crippen LogP contribution is -2.54. The molecule has 0 spiro atoms. The van der Waals surface area contributed by atoms with Gasteiger partial charge in [-0.2, -0.15) is 0 Å². The van der Waals surface area contributed by atoms with Gasteiger partial charge in [-0.3, -0.25) is 0 Å². The van der Waals surface area contributed by atoms with Crippen LogP contribution in [0.3, 0.4) is 0 Å². The van der Waals surface area contributed by atoms with Gasteiger partial charge in [0, 0.05) is 0 Å². The number of hydrogen-bond acceptors (Lipinski definition) is 2. The molecule has 0 bridgehead atoms. The van der Waals surface area contributed by atoms with Crippen LogP contribution in [0.25, 0.3) is 0 Å². The first-order chi connectivity index (χ1) is 5.04. The topological polar surface area (TPSA) is 52.0 Å². The van der Waals surface area contributed by atoms with Crippen LogP contribution >= 0.6 is 0 Å². The molecule has 0 aliphatic heterocycles. The van der Waals surface area contributed by atoms with Crippen molar-refractivity contribution < 1.29 is 0 Å². The largest absolute Gasteiger partial charge is 0.313 e. The second-order valence-electron chi connectivity index (χ2n) is 3.03. The molecule has 64 valence electrons. The Hall–Kier alpha value is -0.600. The molecular formula is C9H18N2. The number of hydrogen-bond donors (Lipinski definition) is 2. The lowest BCUT2D eigenvalue weighted by atomic mass is 9.90. The third-order valence-corrected chi connectivity index (χ3v) is 1.94. The van der Waals surface area contributed by atoms with E-state index in [1.54, 1.807) is 6.08 Å². The Morgan fingerprint density at radius 2 is 1.91 bits per heavy atom. The van der Waals surface area contributed by atoms with Gasteiger partial charge in [-0.1, -0.05) is 19.1 Å². The van der Waals surface area contributed by atoms with Crippen molar-refractivity contribution in [1.82, 2.24) is 0 Å². The molecule has 0 heterocycles. The van der Waals surface area contributed by atoms with Crippen molar-refractivity contribution in [2.24, 2.45) is 17.4 Å². The van der Waals surface area contributed by atoms with Gasteiger partial charge >= 0.3 is 0 Å². The van der Waals surface area contributed by atoms with Crippen LogP contribution in [-0.2, 0) is 0 Å². The van der Waals surface area contributed by atoms with E-state index >= 15 is 0 Å². The molecule has 0 saturated carbocycles. The van der Waals surface area contributed by atoms with E-state index in [4.69, 9.17) is 11.5 Å². The second-order valence-corrected chi connectivity index (χ2v) is 3.03. The highest BCUT2D eigenvalue weighted by molar-refractivity contribution is 4.92. The van der Waals surface area contributed by atoms with E-state index in [9.17, 15) is 0 Å². The lowest BCUT2D eigenvalue weighted by Gasteiger charge is -2.29. The van der Waals surface area contributed by atoms with Gasteiger partial charge in [-0.05, 0) is 18.8 Å². The quantitative estimate of drug-likeness (QED) is 0.464. The molecule has 0 aromatic rings. The molecule has 1 atom stereocenters. The molecule has 11 heavy (non-hydrogen) atoms. The Kier molecular flexibility index (Phi) is 4.08. The van der Waals surface area contributed by atoms with Crippen molar-refractivity contribution in [3.63, 3.8) is 0 Å². The molecule has 0 aliphatic rings. The summed E-state index contributed by atoms with van der Waals surface area (Å²) in [6.45, 7) is 9.26. The van der Waals surface area contributed by atoms with E-state index in [1.807, 2.05) is 13.0 Å². The maximum Gasteiger partial charge on any atom is 0.0701 e. The average molecular weight is 154 g/mol. The fraction of sp³-hybridized carbons (Fsp3) is 0.556. The first-order valence-electron chi connectivity index (χ1n) is 3.84. The van der Waals surface area contributed by atoms with Crippen LogP contribution < -0.4 is 11.5 Å². The third kappa shape index (κ3) is 3.35. The minimum absolute atomic E-state index is 0.248. The Balaban J connectivity index is 4.03. The average Bonchev–Trinajstić information content (AvgIpc) is 1.88. The van der Waals surface area contributed by atoms with Gasteiger partial charge in [0.25, 0.3) is 0 Å². The Morgan fingerprint density at radius 1 is 1.36 bits per heavy atom. The van der Waals surface area contributed by atoms with E-state index in [2.05, 4.69) is 13.2 Å². The van der Waals surface area contributed by atoms with E-state index in [0.717, 1.165) is 6.42 Å². The monoisotopic (exact) mass is 154 g/mol. The van der Waals surface area contributed by atoms with Crippen LogP contribution in [0.4, 0.5) is 0 Å². The van der Waals surface area contributed by atoms with Gasteiger partial charge in [0.05, 0.1) is 5.66 Å². The minimum Gasteiger partial charge on any atom is -0.313 e. The van der Waals surface area contributed by atoms with Crippen LogP contribution in [0.1, 0.15) is 19.8 Å². The van der Waals surface area contributed by atoms with Crippen molar-refractivity contribution in [2.75, 3.05) is 0 Å². The summed E-state index contributed by atoms with van der Waals surface area (Å²) in [7, 11) is 0. The Labute approximate surface area is 69.0 Å². The van der Waals surface area contributed by atoms with Gasteiger partial charge in [-0.25, -0.2) is 0 Å². The normalized spacial score (nSPS) is 14.1. The predicted molar refractivity (Wildman–Crippen MR) is 49.9 cm³/mol. The maximum absolute atomic E-state index is 5.82. The molecule has 2 heteroatoms. The fourth-order valence-corrected chi connectivity index (χ4v) is 0.921. The molecule has 0 fully saturated rings. The van der Waals surface area contributed by atoms with Crippen molar-refractivity contribution in [1.29, 1.82) is 0 Å². The van der Waals surface area contributed by atoms with Crippen LogP contribution in [0.2, 0.25) is 0 Å².